The molecule has 9 heteroatoms. The molecule has 0 radical (unpaired) electrons. The maximum atomic E-state index is 10.5. The van der Waals surface area contributed by atoms with E-state index >= 15 is 0 Å². The second-order valence-electron chi connectivity index (χ2n) is 2.08. The molecule has 0 aliphatic carbocycles. The van der Waals surface area contributed by atoms with Crippen LogP contribution in [0.5, 0.6) is 0 Å². The molecule has 4 N–H and O–H groups in total. The van der Waals surface area contributed by atoms with E-state index in [0.717, 1.165) is 0 Å². The highest BCUT2D eigenvalue weighted by molar-refractivity contribution is 7.45. The molecule has 8 nitrogen and oxygen atoms in total. The lowest BCUT2D eigenvalue weighted by atomic mass is 10.2. The normalized spacial score (nSPS) is 17.2. The average Bonchev–Trinajstić information content (AvgIpc) is 1.81. The fraction of sp³-hybridized carbons (Fsp3) is 0.500. The van der Waals surface area contributed by atoms with Crippen LogP contribution in [0.15, 0.2) is 0 Å². The molecule has 0 aromatic carbocycles. The third-order valence-corrected chi connectivity index (χ3v) is 1.36. The summed E-state index contributed by atoms with van der Waals surface area (Å²) >= 11 is 0. The first-order valence-electron chi connectivity index (χ1n) is 2.97. The highest BCUT2D eigenvalue weighted by Gasteiger charge is 2.19. The van der Waals surface area contributed by atoms with Crippen molar-refractivity contribution in [1.82, 2.24) is 0 Å². The number of aliphatic carboxylic acids is 1. The number of carbonyl (C=O) groups is 2. The minimum absolute atomic E-state index is 0.831. The van der Waals surface area contributed by atoms with Gasteiger partial charge in [-0.1, -0.05) is 0 Å². The van der Waals surface area contributed by atoms with Crippen molar-refractivity contribution in [3.8, 4) is 0 Å². The van der Waals surface area contributed by atoms with Gasteiger partial charge in [0.1, 0.15) is 6.04 Å². The van der Waals surface area contributed by atoms with Crippen LogP contribution in [0.1, 0.15) is 6.42 Å². The summed E-state index contributed by atoms with van der Waals surface area (Å²) in [5, 5.41) is 8.19. The van der Waals surface area contributed by atoms with Gasteiger partial charge in [0, 0.05) is 0 Å². The molecule has 76 valence electrons. The van der Waals surface area contributed by atoms with E-state index in [1.165, 1.54) is 0 Å². The second-order valence-corrected chi connectivity index (χ2v) is 3.20. The Bertz CT molecular complexity index is 257. The zero-order chi connectivity index (χ0) is 10.6. The zero-order valence-electron chi connectivity index (χ0n) is 6.24. The molecule has 0 heterocycles. The van der Waals surface area contributed by atoms with E-state index in [-0.39, 0.29) is 0 Å². The van der Waals surface area contributed by atoms with Gasteiger partial charge >= 0.3 is 19.8 Å². The molecule has 0 amide bonds. The number of carboxylic acids is 1. The topological polar surface area (TPSA) is 150 Å². The van der Waals surface area contributed by atoms with Crippen LogP contribution in [-0.4, -0.2) is 28.0 Å². The molecular weight excluding hydrogens is 205 g/mol. The SMILES string of the molecule is N[C@@H](CC(=O)OP(=O)([O-])O)C(=O)O. The molecule has 0 saturated heterocycles. The number of hydrogen-bond donors (Lipinski definition) is 3. The lowest BCUT2D eigenvalue weighted by Gasteiger charge is -2.15. The zero-order valence-corrected chi connectivity index (χ0v) is 7.14. The molecule has 0 rings (SSSR count). The summed E-state index contributed by atoms with van der Waals surface area (Å²) in [6, 6.07) is -1.56. The first kappa shape index (κ1) is 12.0. The predicted octanol–water partition coefficient (Wildman–Crippen LogP) is -2.21. The van der Waals surface area contributed by atoms with Crippen molar-refractivity contribution < 1.29 is 33.6 Å². The number of carbonyl (C=O) groups excluding carboxylic acids is 1. The van der Waals surface area contributed by atoms with Gasteiger partial charge in [0.05, 0.1) is 6.42 Å². The molecule has 0 aliphatic rings. The standard InChI is InChI=1S/C4H8NO7P/c5-2(4(7)8)1-3(6)12-13(9,10)11/h2H,1,5H2,(H,7,8)(H2,9,10,11)/p-1/t2-/m0/s1. The quantitative estimate of drug-likeness (QED) is 0.444. The van der Waals surface area contributed by atoms with Gasteiger partial charge in [0.25, 0.3) is 0 Å². The van der Waals surface area contributed by atoms with Gasteiger partial charge < -0.3 is 25.2 Å². The van der Waals surface area contributed by atoms with Crippen molar-refractivity contribution in [2.45, 2.75) is 12.5 Å². The minimum Gasteiger partial charge on any atom is -0.746 e. The van der Waals surface area contributed by atoms with Crippen molar-refractivity contribution in [3.63, 3.8) is 0 Å². The van der Waals surface area contributed by atoms with E-state index in [1.807, 2.05) is 0 Å². The van der Waals surface area contributed by atoms with E-state index < -0.39 is 32.2 Å². The van der Waals surface area contributed by atoms with Gasteiger partial charge in [-0.15, -0.1) is 0 Å². The van der Waals surface area contributed by atoms with Crippen LogP contribution in [0, 0.1) is 0 Å². The van der Waals surface area contributed by atoms with Gasteiger partial charge in [-0.2, -0.15) is 0 Å². The molecule has 0 aromatic heterocycles. The van der Waals surface area contributed by atoms with Crippen molar-refractivity contribution in [1.29, 1.82) is 0 Å². The predicted molar refractivity (Wildman–Crippen MR) is 36.1 cm³/mol. The van der Waals surface area contributed by atoms with Crippen LogP contribution in [0.2, 0.25) is 0 Å². The fourth-order valence-corrected chi connectivity index (χ4v) is 0.765. The van der Waals surface area contributed by atoms with Crippen molar-refractivity contribution in [3.05, 3.63) is 0 Å². The Hall–Kier alpha value is -0.950. The Labute approximate surface area is 72.5 Å². The van der Waals surface area contributed by atoms with Crippen LogP contribution in [0.3, 0.4) is 0 Å². The maximum absolute atomic E-state index is 10.5. The largest absolute Gasteiger partial charge is 0.746 e. The van der Waals surface area contributed by atoms with Gasteiger partial charge in [-0.25, -0.2) is 0 Å². The number of phosphoric acid groups is 1. The first-order valence-corrected chi connectivity index (χ1v) is 4.46. The Morgan fingerprint density at radius 2 is 2.08 bits per heavy atom. The van der Waals surface area contributed by atoms with Crippen LogP contribution >= 0.6 is 7.82 Å². The van der Waals surface area contributed by atoms with E-state index in [9.17, 15) is 19.0 Å². The van der Waals surface area contributed by atoms with Crippen molar-refractivity contribution in [2.75, 3.05) is 0 Å². The number of carboxylic acid groups (broad SMARTS) is 1. The van der Waals surface area contributed by atoms with Crippen LogP contribution in [0.25, 0.3) is 0 Å². The Morgan fingerprint density at radius 3 is 2.38 bits per heavy atom. The van der Waals surface area contributed by atoms with Gasteiger partial charge in [-0.3, -0.25) is 14.2 Å². The van der Waals surface area contributed by atoms with E-state index in [1.54, 1.807) is 0 Å². The smallest absolute Gasteiger partial charge is 0.321 e. The van der Waals surface area contributed by atoms with Gasteiger partial charge in [0.15, 0.2) is 0 Å². The summed E-state index contributed by atoms with van der Waals surface area (Å²) in [6.07, 6.45) is -0.831. The van der Waals surface area contributed by atoms with E-state index in [2.05, 4.69) is 4.52 Å². The lowest BCUT2D eigenvalue weighted by molar-refractivity contribution is -0.219. The molecule has 2 atom stereocenters. The Morgan fingerprint density at radius 1 is 1.62 bits per heavy atom. The molecule has 0 bridgehead atoms. The van der Waals surface area contributed by atoms with E-state index in [0.29, 0.717) is 0 Å². The summed E-state index contributed by atoms with van der Waals surface area (Å²) in [7, 11) is -5.16. The van der Waals surface area contributed by atoms with E-state index in [4.69, 9.17) is 15.7 Å². The number of rotatable bonds is 4. The third-order valence-electron chi connectivity index (χ3n) is 0.921. The van der Waals surface area contributed by atoms with Gasteiger partial charge in [-0.05, 0) is 0 Å². The summed E-state index contributed by atoms with van der Waals surface area (Å²) in [4.78, 5) is 38.5. The Kier molecular flexibility index (Phi) is 4.02. The third kappa shape index (κ3) is 6.23. The van der Waals surface area contributed by atoms with Gasteiger partial charge in [0.2, 0.25) is 0 Å². The second kappa shape index (κ2) is 4.33. The number of phosphoric ester groups is 1. The summed E-state index contributed by atoms with van der Waals surface area (Å²) in [6.45, 7) is 0. The summed E-state index contributed by atoms with van der Waals surface area (Å²) < 4.78 is 13.4. The molecule has 0 saturated carbocycles. The number of hydrogen-bond acceptors (Lipinski definition) is 6. The summed E-state index contributed by atoms with van der Waals surface area (Å²) in [5.41, 5.74) is 4.86. The molecule has 0 aromatic rings. The van der Waals surface area contributed by atoms with Crippen LogP contribution in [-0.2, 0) is 18.7 Å². The minimum atomic E-state index is -5.16. The van der Waals surface area contributed by atoms with Crippen LogP contribution < -0.4 is 10.6 Å². The average molecular weight is 212 g/mol. The van der Waals surface area contributed by atoms with Crippen LogP contribution in [0.4, 0.5) is 0 Å². The molecule has 0 fully saturated rings. The first-order chi connectivity index (χ1) is 5.72. The summed E-state index contributed by atoms with van der Waals surface area (Å²) in [5.74, 6) is -2.90. The Balaban J connectivity index is 4.03. The lowest BCUT2D eigenvalue weighted by Crippen LogP contribution is -2.33. The van der Waals surface area contributed by atoms with Crippen molar-refractivity contribution in [2.24, 2.45) is 5.73 Å². The molecule has 1 unspecified atom stereocenters. The molecule has 0 aliphatic heterocycles. The maximum Gasteiger partial charge on any atom is 0.321 e. The fourth-order valence-electron chi connectivity index (χ4n) is 0.433. The highest BCUT2D eigenvalue weighted by atomic mass is 31.2. The molecule has 13 heavy (non-hydrogen) atoms. The molecular formula is C4H7NO7P-. The highest BCUT2D eigenvalue weighted by Crippen LogP contribution is 2.30. The van der Waals surface area contributed by atoms with Crippen molar-refractivity contribution >= 4 is 19.8 Å². The number of nitrogens with two attached hydrogens (primary N) is 1. The monoisotopic (exact) mass is 212 g/mol. The molecule has 0 spiro atoms.